The van der Waals surface area contributed by atoms with Crippen molar-refractivity contribution in [3.05, 3.63) is 29.8 Å². The van der Waals surface area contributed by atoms with Gasteiger partial charge >= 0.3 is 0 Å². The quantitative estimate of drug-likeness (QED) is 0.413. The van der Waals surface area contributed by atoms with Gasteiger partial charge in [0.05, 0.1) is 4.90 Å². The third-order valence-electron chi connectivity index (χ3n) is 4.65. The second kappa shape index (κ2) is 10.5. The minimum atomic E-state index is -3.44. The summed E-state index contributed by atoms with van der Waals surface area (Å²) in [5, 5.41) is 6.51. The van der Waals surface area contributed by atoms with Crippen LogP contribution >= 0.6 is 0 Å². The van der Waals surface area contributed by atoms with Crippen molar-refractivity contribution in [3.63, 3.8) is 0 Å². The Morgan fingerprint density at radius 1 is 1.12 bits per heavy atom. The van der Waals surface area contributed by atoms with Crippen molar-refractivity contribution in [3.8, 4) is 0 Å². The molecule has 0 radical (unpaired) electrons. The number of piperidine rings is 1. The van der Waals surface area contributed by atoms with Crippen molar-refractivity contribution in [1.29, 1.82) is 0 Å². The maximum atomic E-state index is 13.0. The lowest BCUT2D eigenvalue weighted by molar-refractivity contribution is 0.346. The highest BCUT2D eigenvalue weighted by Gasteiger charge is 2.27. The summed E-state index contributed by atoms with van der Waals surface area (Å²) in [6, 6.07) is 7.24. The van der Waals surface area contributed by atoms with E-state index in [0.717, 1.165) is 37.8 Å². The lowest BCUT2D eigenvalue weighted by atomic mass is 10.2. The normalized spacial score (nSPS) is 16.5. The van der Waals surface area contributed by atoms with Gasteiger partial charge < -0.3 is 10.6 Å². The van der Waals surface area contributed by atoms with E-state index in [1.165, 1.54) is 12.8 Å². The molecule has 1 aromatic rings. The number of nitrogens with zero attached hydrogens (tertiary/aromatic N) is 2. The summed E-state index contributed by atoms with van der Waals surface area (Å²) in [6.07, 6.45) is 6.44. The van der Waals surface area contributed by atoms with Crippen molar-refractivity contribution in [2.75, 3.05) is 26.7 Å². The molecule has 6 nitrogen and oxygen atoms in total. The largest absolute Gasteiger partial charge is 0.356 e. The molecule has 7 heteroatoms. The SMILES string of the molecule is CCCCCNC(=NC)NCc1ccccc1S(=O)(=O)N1CCCCC1. The summed E-state index contributed by atoms with van der Waals surface area (Å²) in [7, 11) is -1.71. The first-order valence-electron chi connectivity index (χ1n) is 9.62. The van der Waals surface area contributed by atoms with Crippen molar-refractivity contribution < 1.29 is 8.42 Å². The second-order valence-electron chi connectivity index (χ2n) is 6.63. The van der Waals surface area contributed by atoms with Gasteiger partial charge in [0.25, 0.3) is 0 Å². The van der Waals surface area contributed by atoms with Gasteiger partial charge in [-0.3, -0.25) is 4.99 Å². The van der Waals surface area contributed by atoms with E-state index in [1.54, 1.807) is 23.5 Å². The van der Waals surface area contributed by atoms with Gasteiger partial charge in [-0.1, -0.05) is 44.4 Å². The highest BCUT2D eigenvalue weighted by atomic mass is 32.2. The Bertz CT molecular complexity index is 683. The number of hydrogen-bond acceptors (Lipinski definition) is 3. The summed E-state index contributed by atoms with van der Waals surface area (Å²) in [5.41, 5.74) is 0.773. The van der Waals surface area contributed by atoms with Gasteiger partial charge in [0.15, 0.2) is 5.96 Å². The van der Waals surface area contributed by atoms with E-state index in [0.29, 0.717) is 30.5 Å². The van der Waals surface area contributed by atoms with Crippen LogP contribution in [-0.2, 0) is 16.6 Å². The summed E-state index contributed by atoms with van der Waals surface area (Å²) in [6.45, 7) is 4.69. The molecule has 0 saturated carbocycles. The third-order valence-corrected chi connectivity index (χ3v) is 6.65. The maximum Gasteiger partial charge on any atom is 0.243 e. The Hall–Kier alpha value is -1.60. The molecule has 0 amide bonds. The van der Waals surface area contributed by atoms with Crippen LogP contribution in [0.5, 0.6) is 0 Å². The van der Waals surface area contributed by atoms with Crippen molar-refractivity contribution in [1.82, 2.24) is 14.9 Å². The molecule has 1 aromatic carbocycles. The van der Waals surface area contributed by atoms with Crippen LogP contribution in [0, 0.1) is 0 Å². The molecule has 1 fully saturated rings. The van der Waals surface area contributed by atoms with Crippen LogP contribution < -0.4 is 10.6 Å². The highest BCUT2D eigenvalue weighted by molar-refractivity contribution is 7.89. The Kier molecular flexibility index (Phi) is 8.38. The average Bonchev–Trinajstić information content (AvgIpc) is 2.68. The topological polar surface area (TPSA) is 73.8 Å². The summed E-state index contributed by atoms with van der Waals surface area (Å²) < 4.78 is 27.7. The van der Waals surface area contributed by atoms with Crippen molar-refractivity contribution in [2.45, 2.75) is 56.9 Å². The first kappa shape index (κ1) is 20.7. The number of benzene rings is 1. The van der Waals surface area contributed by atoms with Crippen molar-refractivity contribution >= 4 is 16.0 Å². The zero-order valence-corrected chi connectivity index (χ0v) is 16.8. The molecule has 0 bridgehead atoms. The third kappa shape index (κ3) is 5.71. The zero-order chi connectivity index (χ0) is 18.8. The standard InChI is InChI=1S/C19H32N4O2S/c1-3-4-8-13-21-19(20-2)22-16-17-11-6-7-12-18(17)26(24,25)23-14-9-5-10-15-23/h6-7,11-12H,3-5,8-10,13-16H2,1-2H3,(H2,20,21,22). The number of rotatable bonds is 8. The Labute approximate surface area is 158 Å². The number of hydrogen-bond donors (Lipinski definition) is 2. The lowest BCUT2D eigenvalue weighted by Crippen LogP contribution is -2.38. The number of sulfonamides is 1. The fraction of sp³-hybridized carbons (Fsp3) is 0.632. The molecule has 0 unspecified atom stereocenters. The zero-order valence-electron chi connectivity index (χ0n) is 16.0. The van der Waals surface area contributed by atoms with E-state index in [-0.39, 0.29) is 0 Å². The van der Waals surface area contributed by atoms with Crippen LogP contribution in [0.4, 0.5) is 0 Å². The average molecular weight is 381 g/mol. The molecule has 26 heavy (non-hydrogen) atoms. The van der Waals surface area contributed by atoms with Crippen LogP contribution in [-0.4, -0.2) is 45.4 Å². The van der Waals surface area contributed by atoms with E-state index >= 15 is 0 Å². The van der Waals surface area contributed by atoms with Crippen LogP contribution in [0.25, 0.3) is 0 Å². The Morgan fingerprint density at radius 3 is 2.54 bits per heavy atom. The van der Waals surface area contributed by atoms with E-state index < -0.39 is 10.0 Å². The number of guanidine groups is 1. The van der Waals surface area contributed by atoms with Gasteiger partial charge in [-0.05, 0) is 30.9 Å². The predicted molar refractivity (Wildman–Crippen MR) is 107 cm³/mol. The first-order chi connectivity index (χ1) is 12.6. The van der Waals surface area contributed by atoms with Gasteiger partial charge in [0, 0.05) is 33.2 Å². The highest BCUT2D eigenvalue weighted by Crippen LogP contribution is 2.23. The molecular weight excluding hydrogens is 348 g/mol. The molecular formula is C19H32N4O2S. The molecule has 1 saturated heterocycles. The van der Waals surface area contributed by atoms with Gasteiger partial charge in [-0.25, -0.2) is 8.42 Å². The molecule has 2 rings (SSSR count). The molecule has 1 heterocycles. The number of aliphatic imine (C=N–C) groups is 1. The minimum Gasteiger partial charge on any atom is -0.356 e. The summed E-state index contributed by atoms with van der Waals surface area (Å²) >= 11 is 0. The maximum absolute atomic E-state index is 13.0. The van der Waals surface area contributed by atoms with E-state index in [4.69, 9.17) is 0 Å². The predicted octanol–water partition coefficient (Wildman–Crippen LogP) is 2.72. The fourth-order valence-corrected chi connectivity index (χ4v) is 4.87. The lowest BCUT2D eigenvalue weighted by Gasteiger charge is -2.27. The van der Waals surface area contributed by atoms with Gasteiger partial charge in [-0.2, -0.15) is 4.31 Å². The summed E-state index contributed by atoms with van der Waals surface area (Å²) in [4.78, 5) is 4.62. The molecule has 146 valence electrons. The Balaban J connectivity index is 2.04. The van der Waals surface area contributed by atoms with Gasteiger partial charge in [-0.15, -0.1) is 0 Å². The molecule has 1 aliphatic heterocycles. The van der Waals surface area contributed by atoms with Gasteiger partial charge in [0.2, 0.25) is 10.0 Å². The molecule has 2 N–H and O–H groups in total. The van der Waals surface area contributed by atoms with E-state index in [9.17, 15) is 8.42 Å². The monoisotopic (exact) mass is 380 g/mol. The smallest absolute Gasteiger partial charge is 0.243 e. The van der Waals surface area contributed by atoms with Crippen LogP contribution in [0.15, 0.2) is 34.2 Å². The Morgan fingerprint density at radius 2 is 1.85 bits per heavy atom. The molecule has 1 aliphatic rings. The summed E-state index contributed by atoms with van der Waals surface area (Å²) in [5.74, 6) is 0.700. The minimum absolute atomic E-state index is 0.399. The molecule has 0 aromatic heterocycles. The van der Waals surface area contributed by atoms with Crippen LogP contribution in [0.1, 0.15) is 51.0 Å². The van der Waals surface area contributed by atoms with E-state index in [2.05, 4.69) is 22.5 Å². The molecule has 0 aliphatic carbocycles. The second-order valence-corrected chi connectivity index (χ2v) is 8.54. The first-order valence-corrected chi connectivity index (χ1v) is 11.1. The van der Waals surface area contributed by atoms with E-state index in [1.807, 2.05) is 12.1 Å². The van der Waals surface area contributed by atoms with Crippen LogP contribution in [0.3, 0.4) is 0 Å². The van der Waals surface area contributed by atoms with Crippen molar-refractivity contribution in [2.24, 2.45) is 4.99 Å². The number of nitrogens with one attached hydrogen (secondary N) is 2. The molecule has 0 spiro atoms. The fourth-order valence-electron chi connectivity index (χ4n) is 3.13. The number of unbranched alkanes of at least 4 members (excludes halogenated alkanes) is 2. The van der Waals surface area contributed by atoms with Crippen LogP contribution in [0.2, 0.25) is 0 Å². The molecule has 0 atom stereocenters. The van der Waals surface area contributed by atoms with Gasteiger partial charge in [0.1, 0.15) is 0 Å².